The molecule has 0 heterocycles. The van der Waals surface area contributed by atoms with Crippen molar-refractivity contribution < 1.29 is 4.74 Å². The number of alkyl halides is 1. The van der Waals surface area contributed by atoms with Crippen LogP contribution in [0, 0.1) is 10.5 Å². The first-order chi connectivity index (χ1) is 8.61. The van der Waals surface area contributed by atoms with Gasteiger partial charge in [-0.3, -0.25) is 0 Å². The van der Waals surface area contributed by atoms with E-state index in [1.54, 1.807) is 7.11 Å². The summed E-state index contributed by atoms with van der Waals surface area (Å²) in [5.41, 5.74) is 3.77. The Morgan fingerprint density at radius 3 is 2.33 bits per heavy atom. The molecule has 2 aromatic rings. The highest BCUT2D eigenvalue weighted by atomic mass is 127. The molecule has 1 unspecified atom stereocenters. The molecule has 0 aliphatic rings. The zero-order valence-electron chi connectivity index (χ0n) is 10.3. The summed E-state index contributed by atoms with van der Waals surface area (Å²) in [5, 5.41) is 0. The molecule has 94 valence electrons. The van der Waals surface area contributed by atoms with Gasteiger partial charge in [0.05, 0.1) is 11.9 Å². The van der Waals surface area contributed by atoms with Crippen molar-refractivity contribution >= 4 is 38.5 Å². The summed E-state index contributed by atoms with van der Waals surface area (Å²) in [7, 11) is 1.69. The summed E-state index contributed by atoms with van der Waals surface area (Å²) in [4.78, 5) is 0.223. The average Bonchev–Trinajstić information content (AvgIpc) is 2.38. The molecule has 18 heavy (non-hydrogen) atoms. The van der Waals surface area contributed by atoms with Crippen LogP contribution in [0.4, 0.5) is 0 Å². The topological polar surface area (TPSA) is 9.23 Å². The molecule has 3 heteroatoms. The molecule has 1 atom stereocenters. The van der Waals surface area contributed by atoms with E-state index in [0.717, 1.165) is 5.75 Å². The van der Waals surface area contributed by atoms with Crippen LogP contribution in [0.15, 0.2) is 42.5 Å². The lowest BCUT2D eigenvalue weighted by atomic mass is 10.0. The smallest absolute Gasteiger partial charge is 0.119 e. The summed E-state index contributed by atoms with van der Waals surface area (Å²) >= 11 is 6.09. The number of benzene rings is 2. The minimum Gasteiger partial charge on any atom is -0.497 e. The van der Waals surface area contributed by atoms with Crippen molar-refractivity contribution in [2.24, 2.45) is 0 Å². The van der Waals surface area contributed by atoms with Gasteiger partial charge in [-0.15, -0.1) is 0 Å². The predicted octanol–water partition coefficient (Wildman–Crippen LogP) is 5.09. The normalized spacial score (nSPS) is 12.2. The van der Waals surface area contributed by atoms with Gasteiger partial charge in [0.2, 0.25) is 0 Å². The largest absolute Gasteiger partial charge is 0.497 e. The van der Waals surface area contributed by atoms with E-state index in [-0.39, 0.29) is 4.83 Å². The maximum absolute atomic E-state index is 5.23. The average molecular weight is 417 g/mol. The van der Waals surface area contributed by atoms with Crippen molar-refractivity contribution in [2.75, 3.05) is 7.11 Å². The Bertz CT molecular complexity index is 537. The van der Waals surface area contributed by atoms with Crippen molar-refractivity contribution in [1.29, 1.82) is 0 Å². The van der Waals surface area contributed by atoms with Crippen LogP contribution in [0.3, 0.4) is 0 Å². The molecule has 0 fully saturated rings. The highest BCUT2D eigenvalue weighted by Crippen LogP contribution is 2.34. The molecule has 0 radical (unpaired) electrons. The number of hydrogen-bond acceptors (Lipinski definition) is 1. The molecular formula is C15H14BrIO. The molecule has 2 aromatic carbocycles. The Kier molecular flexibility index (Phi) is 4.67. The molecular weight excluding hydrogens is 403 g/mol. The van der Waals surface area contributed by atoms with Crippen LogP contribution in [0.1, 0.15) is 21.5 Å². The molecule has 0 aliphatic heterocycles. The van der Waals surface area contributed by atoms with Gasteiger partial charge in [-0.1, -0.05) is 34.1 Å². The van der Waals surface area contributed by atoms with Crippen LogP contribution in [0.25, 0.3) is 0 Å². The van der Waals surface area contributed by atoms with Gasteiger partial charge in [0.25, 0.3) is 0 Å². The standard InChI is InChI=1S/C15H14BrIO/c1-10-9-13(18-2)7-8-14(10)15(16)11-3-5-12(17)6-4-11/h3-9,15H,1-2H3. The summed E-state index contributed by atoms with van der Waals surface area (Å²) in [6, 6.07) is 14.8. The van der Waals surface area contributed by atoms with Gasteiger partial charge in [-0.2, -0.15) is 0 Å². The molecule has 0 saturated heterocycles. The van der Waals surface area contributed by atoms with E-state index >= 15 is 0 Å². The minimum absolute atomic E-state index is 0.223. The summed E-state index contributed by atoms with van der Waals surface area (Å²) in [5.74, 6) is 0.901. The van der Waals surface area contributed by atoms with Gasteiger partial charge in [-0.05, 0) is 70.5 Å². The number of rotatable bonds is 3. The maximum atomic E-state index is 5.23. The van der Waals surface area contributed by atoms with Gasteiger partial charge in [-0.25, -0.2) is 0 Å². The van der Waals surface area contributed by atoms with Gasteiger partial charge in [0.15, 0.2) is 0 Å². The van der Waals surface area contributed by atoms with Crippen molar-refractivity contribution in [3.05, 3.63) is 62.7 Å². The van der Waals surface area contributed by atoms with Crippen molar-refractivity contribution in [3.63, 3.8) is 0 Å². The quantitative estimate of drug-likeness (QED) is 0.500. The van der Waals surface area contributed by atoms with E-state index in [9.17, 15) is 0 Å². The first-order valence-corrected chi connectivity index (χ1v) is 7.65. The molecule has 0 bridgehead atoms. The highest BCUT2D eigenvalue weighted by Gasteiger charge is 2.13. The van der Waals surface area contributed by atoms with Crippen molar-refractivity contribution in [3.8, 4) is 5.75 Å². The highest BCUT2D eigenvalue weighted by molar-refractivity contribution is 14.1. The fourth-order valence-electron chi connectivity index (χ4n) is 1.87. The summed E-state index contributed by atoms with van der Waals surface area (Å²) < 4.78 is 6.49. The molecule has 0 saturated carbocycles. The first kappa shape index (κ1) is 13.9. The first-order valence-electron chi connectivity index (χ1n) is 5.66. The number of halogens is 2. The fraction of sp³-hybridized carbons (Fsp3) is 0.200. The van der Waals surface area contributed by atoms with Gasteiger partial charge in [0, 0.05) is 3.57 Å². The van der Waals surface area contributed by atoms with Crippen molar-refractivity contribution in [1.82, 2.24) is 0 Å². The molecule has 2 rings (SSSR count). The second kappa shape index (κ2) is 6.06. The zero-order chi connectivity index (χ0) is 13.1. The van der Waals surface area contributed by atoms with E-state index in [1.165, 1.54) is 20.3 Å². The predicted molar refractivity (Wildman–Crippen MR) is 87.7 cm³/mol. The monoisotopic (exact) mass is 416 g/mol. The molecule has 0 aromatic heterocycles. The molecule has 0 N–H and O–H groups in total. The van der Waals surface area contributed by atoms with Gasteiger partial charge < -0.3 is 4.74 Å². The Morgan fingerprint density at radius 1 is 1.11 bits per heavy atom. The number of hydrogen-bond donors (Lipinski definition) is 0. The number of methoxy groups -OCH3 is 1. The van der Waals surface area contributed by atoms with E-state index in [0.29, 0.717) is 0 Å². The van der Waals surface area contributed by atoms with Gasteiger partial charge >= 0.3 is 0 Å². The Hall–Kier alpha value is -0.550. The Morgan fingerprint density at radius 2 is 1.78 bits per heavy atom. The van der Waals surface area contributed by atoms with E-state index in [4.69, 9.17) is 4.74 Å². The van der Waals surface area contributed by atoms with E-state index < -0.39 is 0 Å². The van der Waals surface area contributed by atoms with E-state index in [1.807, 2.05) is 6.07 Å². The summed E-state index contributed by atoms with van der Waals surface area (Å²) in [6.45, 7) is 2.11. The third kappa shape index (κ3) is 3.06. The molecule has 0 amide bonds. The molecule has 1 nitrogen and oxygen atoms in total. The second-order valence-corrected chi connectivity index (χ2v) is 6.30. The van der Waals surface area contributed by atoms with Gasteiger partial charge in [0.1, 0.15) is 5.75 Å². The van der Waals surface area contributed by atoms with Crippen LogP contribution in [0.5, 0.6) is 5.75 Å². The lowest BCUT2D eigenvalue weighted by molar-refractivity contribution is 0.414. The van der Waals surface area contributed by atoms with Crippen LogP contribution < -0.4 is 4.74 Å². The SMILES string of the molecule is COc1ccc(C(Br)c2ccc(I)cc2)c(C)c1. The third-order valence-electron chi connectivity index (χ3n) is 2.91. The summed E-state index contributed by atoms with van der Waals surface area (Å²) in [6.07, 6.45) is 0. The maximum Gasteiger partial charge on any atom is 0.119 e. The Balaban J connectivity index is 2.33. The molecule has 0 spiro atoms. The van der Waals surface area contributed by atoms with Crippen molar-refractivity contribution in [2.45, 2.75) is 11.8 Å². The lowest BCUT2D eigenvalue weighted by Gasteiger charge is -2.14. The van der Waals surface area contributed by atoms with Crippen LogP contribution >= 0.6 is 38.5 Å². The Labute approximate surface area is 130 Å². The van der Waals surface area contributed by atoms with Crippen LogP contribution in [0.2, 0.25) is 0 Å². The second-order valence-electron chi connectivity index (χ2n) is 4.14. The fourth-order valence-corrected chi connectivity index (χ4v) is 3.05. The number of ether oxygens (including phenoxy) is 1. The van der Waals surface area contributed by atoms with Crippen LogP contribution in [-0.2, 0) is 0 Å². The third-order valence-corrected chi connectivity index (χ3v) is 4.65. The van der Waals surface area contributed by atoms with Crippen LogP contribution in [-0.4, -0.2) is 7.11 Å². The number of aryl methyl sites for hydroxylation is 1. The van der Waals surface area contributed by atoms with E-state index in [2.05, 4.69) is 81.8 Å². The lowest BCUT2D eigenvalue weighted by Crippen LogP contribution is -1.96. The molecule has 0 aliphatic carbocycles. The minimum atomic E-state index is 0.223. The zero-order valence-corrected chi connectivity index (χ0v) is 14.0.